The summed E-state index contributed by atoms with van der Waals surface area (Å²) in [5.41, 5.74) is 0. The van der Waals surface area contributed by atoms with Gasteiger partial charge in [-0.25, -0.2) is 8.42 Å². The Morgan fingerprint density at radius 1 is 1.50 bits per heavy atom. The second-order valence-corrected chi connectivity index (χ2v) is 5.30. The Labute approximate surface area is 106 Å². The summed E-state index contributed by atoms with van der Waals surface area (Å²) in [5, 5.41) is 8.68. The highest BCUT2D eigenvalue weighted by Gasteiger charge is 2.21. The summed E-state index contributed by atoms with van der Waals surface area (Å²) in [6.45, 7) is 3.46. The molecule has 0 amide bonds. The Kier molecular flexibility index (Phi) is 4.69. The van der Waals surface area contributed by atoms with E-state index in [0.717, 1.165) is 0 Å². The standard InChI is InChI=1S/C11H15NO5S/c1-3-17-9-5-4-6-10(7-9)18(15,16)12-8(2)11(13)14/h4-8,12H,3H2,1-2H3,(H,13,14). The number of sulfonamides is 1. The van der Waals surface area contributed by atoms with E-state index in [0.29, 0.717) is 12.4 Å². The summed E-state index contributed by atoms with van der Waals surface area (Å²) in [6, 6.07) is 4.69. The Hall–Kier alpha value is -1.60. The van der Waals surface area contributed by atoms with E-state index < -0.39 is 22.0 Å². The lowest BCUT2D eigenvalue weighted by Gasteiger charge is -2.11. The van der Waals surface area contributed by atoms with E-state index >= 15 is 0 Å². The molecule has 2 N–H and O–H groups in total. The maximum Gasteiger partial charge on any atom is 0.321 e. The fourth-order valence-corrected chi connectivity index (χ4v) is 2.48. The number of rotatable bonds is 6. The van der Waals surface area contributed by atoms with E-state index in [-0.39, 0.29) is 4.90 Å². The van der Waals surface area contributed by atoms with Crippen LogP contribution in [0.3, 0.4) is 0 Å². The van der Waals surface area contributed by atoms with E-state index in [2.05, 4.69) is 4.72 Å². The molecule has 1 rings (SSSR count). The third-order valence-electron chi connectivity index (χ3n) is 2.13. The molecule has 0 aliphatic carbocycles. The van der Waals surface area contributed by atoms with Gasteiger partial charge in [-0.15, -0.1) is 0 Å². The summed E-state index contributed by atoms with van der Waals surface area (Å²) in [4.78, 5) is 10.6. The summed E-state index contributed by atoms with van der Waals surface area (Å²) in [5.74, 6) is -0.817. The maximum absolute atomic E-state index is 11.9. The topological polar surface area (TPSA) is 92.7 Å². The van der Waals surface area contributed by atoms with Gasteiger partial charge in [0.2, 0.25) is 10.0 Å². The SMILES string of the molecule is CCOc1cccc(S(=O)(=O)NC(C)C(=O)O)c1. The first-order valence-corrected chi connectivity index (χ1v) is 6.83. The van der Waals surface area contributed by atoms with Crippen molar-refractivity contribution in [3.63, 3.8) is 0 Å². The summed E-state index contributed by atoms with van der Waals surface area (Å²) < 4.78 is 31.0. The van der Waals surface area contributed by atoms with Crippen LogP contribution < -0.4 is 9.46 Å². The van der Waals surface area contributed by atoms with Crippen molar-refractivity contribution in [3.8, 4) is 5.75 Å². The number of aliphatic carboxylic acids is 1. The molecule has 0 aromatic heterocycles. The monoisotopic (exact) mass is 273 g/mol. The number of hydrogen-bond acceptors (Lipinski definition) is 4. The van der Waals surface area contributed by atoms with Crippen LogP contribution in [0.15, 0.2) is 29.2 Å². The quantitative estimate of drug-likeness (QED) is 0.801. The van der Waals surface area contributed by atoms with Crippen LogP contribution in [0.5, 0.6) is 5.75 Å². The molecular formula is C11H15NO5S. The summed E-state index contributed by atoms with van der Waals surface area (Å²) in [7, 11) is -3.86. The van der Waals surface area contributed by atoms with E-state index in [1.54, 1.807) is 13.0 Å². The highest BCUT2D eigenvalue weighted by Crippen LogP contribution is 2.17. The number of carboxylic acids is 1. The molecule has 1 unspecified atom stereocenters. The van der Waals surface area contributed by atoms with Gasteiger partial charge in [0.15, 0.2) is 0 Å². The molecule has 1 aromatic carbocycles. The van der Waals surface area contributed by atoms with E-state index in [9.17, 15) is 13.2 Å². The van der Waals surface area contributed by atoms with Gasteiger partial charge in [-0.1, -0.05) is 6.07 Å². The van der Waals surface area contributed by atoms with Gasteiger partial charge >= 0.3 is 5.97 Å². The molecule has 18 heavy (non-hydrogen) atoms. The number of benzene rings is 1. The molecule has 0 spiro atoms. The second kappa shape index (κ2) is 5.83. The molecule has 0 fully saturated rings. The van der Waals surface area contributed by atoms with Crippen molar-refractivity contribution >= 4 is 16.0 Å². The van der Waals surface area contributed by atoms with Gasteiger partial charge in [0.1, 0.15) is 11.8 Å². The van der Waals surface area contributed by atoms with Crippen LogP contribution in [-0.4, -0.2) is 32.1 Å². The van der Waals surface area contributed by atoms with Gasteiger partial charge in [-0.3, -0.25) is 4.79 Å². The lowest BCUT2D eigenvalue weighted by atomic mass is 10.3. The fraction of sp³-hybridized carbons (Fsp3) is 0.364. The maximum atomic E-state index is 11.9. The zero-order valence-corrected chi connectivity index (χ0v) is 10.9. The molecule has 1 aromatic rings. The molecule has 0 aliphatic rings. The van der Waals surface area contributed by atoms with Gasteiger partial charge in [0.05, 0.1) is 11.5 Å². The van der Waals surface area contributed by atoms with Gasteiger partial charge < -0.3 is 9.84 Å². The van der Waals surface area contributed by atoms with Crippen molar-refractivity contribution < 1.29 is 23.1 Å². The van der Waals surface area contributed by atoms with Crippen LogP contribution in [0.4, 0.5) is 0 Å². The Bertz CT molecular complexity index is 526. The third-order valence-corrected chi connectivity index (χ3v) is 3.67. The molecule has 0 bridgehead atoms. The minimum atomic E-state index is -3.86. The highest BCUT2D eigenvalue weighted by molar-refractivity contribution is 7.89. The molecule has 6 nitrogen and oxygen atoms in total. The van der Waals surface area contributed by atoms with E-state index in [1.165, 1.54) is 25.1 Å². The first kappa shape index (κ1) is 14.5. The largest absolute Gasteiger partial charge is 0.494 e. The lowest BCUT2D eigenvalue weighted by Crippen LogP contribution is -2.38. The third kappa shape index (κ3) is 3.71. The number of carboxylic acid groups (broad SMARTS) is 1. The zero-order chi connectivity index (χ0) is 13.8. The molecule has 0 heterocycles. The molecule has 7 heteroatoms. The summed E-state index contributed by atoms with van der Waals surface area (Å²) in [6.07, 6.45) is 0. The predicted octanol–water partition coefficient (Wildman–Crippen LogP) is 0.837. The normalized spacial score (nSPS) is 13.0. The van der Waals surface area contributed by atoms with E-state index in [1.807, 2.05) is 0 Å². The average Bonchev–Trinajstić information content (AvgIpc) is 2.29. The van der Waals surface area contributed by atoms with Crippen LogP contribution >= 0.6 is 0 Å². The van der Waals surface area contributed by atoms with Crippen LogP contribution in [-0.2, 0) is 14.8 Å². The molecule has 0 saturated heterocycles. The van der Waals surface area contributed by atoms with Crippen molar-refractivity contribution in [1.82, 2.24) is 4.72 Å². The minimum absolute atomic E-state index is 0.0263. The summed E-state index contributed by atoms with van der Waals surface area (Å²) >= 11 is 0. The number of ether oxygens (including phenoxy) is 1. The van der Waals surface area contributed by atoms with Crippen molar-refractivity contribution in [2.75, 3.05) is 6.61 Å². The molecule has 0 aliphatic heterocycles. The van der Waals surface area contributed by atoms with Crippen LogP contribution in [0.25, 0.3) is 0 Å². The number of nitrogens with one attached hydrogen (secondary N) is 1. The fourth-order valence-electron chi connectivity index (χ4n) is 1.25. The molecule has 1 atom stereocenters. The predicted molar refractivity (Wildman–Crippen MR) is 65.0 cm³/mol. The van der Waals surface area contributed by atoms with Gasteiger partial charge in [0.25, 0.3) is 0 Å². The Morgan fingerprint density at radius 2 is 2.17 bits per heavy atom. The van der Waals surface area contributed by atoms with Gasteiger partial charge in [0, 0.05) is 6.07 Å². The van der Waals surface area contributed by atoms with Crippen LogP contribution in [0.1, 0.15) is 13.8 Å². The average molecular weight is 273 g/mol. The van der Waals surface area contributed by atoms with Crippen LogP contribution in [0.2, 0.25) is 0 Å². The second-order valence-electron chi connectivity index (χ2n) is 3.59. The van der Waals surface area contributed by atoms with Gasteiger partial charge in [-0.05, 0) is 26.0 Å². The zero-order valence-electron chi connectivity index (χ0n) is 10.1. The van der Waals surface area contributed by atoms with Crippen molar-refractivity contribution in [2.24, 2.45) is 0 Å². The van der Waals surface area contributed by atoms with Crippen molar-refractivity contribution in [2.45, 2.75) is 24.8 Å². The van der Waals surface area contributed by atoms with Crippen molar-refractivity contribution in [1.29, 1.82) is 0 Å². The van der Waals surface area contributed by atoms with Crippen LogP contribution in [0, 0.1) is 0 Å². The van der Waals surface area contributed by atoms with E-state index in [4.69, 9.17) is 9.84 Å². The first-order chi connectivity index (χ1) is 8.36. The lowest BCUT2D eigenvalue weighted by molar-refractivity contribution is -0.138. The Morgan fingerprint density at radius 3 is 2.72 bits per heavy atom. The number of carbonyl (C=O) groups is 1. The van der Waals surface area contributed by atoms with Crippen molar-refractivity contribution in [3.05, 3.63) is 24.3 Å². The minimum Gasteiger partial charge on any atom is -0.494 e. The first-order valence-electron chi connectivity index (χ1n) is 5.35. The Balaban J connectivity index is 2.97. The molecule has 0 saturated carbocycles. The molecule has 0 radical (unpaired) electrons. The van der Waals surface area contributed by atoms with Gasteiger partial charge in [-0.2, -0.15) is 4.72 Å². The highest BCUT2D eigenvalue weighted by atomic mass is 32.2. The number of hydrogen-bond donors (Lipinski definition) is 2. The molecular weight excluding hydrogens is 258 g/mol. The smallest absolute Gasteiger partial charge is 0.321 e. The molecule has 100 valence electrons.